The maximum absolute atomic E-state index is 14.1. The summed E-state index contributed by atoms with van der Waals surface area (Å²) in [5, 5.41) is 34.1. The van der Waals surface area contributed by atoms with Crippen LogP contribution in [-0.2, 0) is 51.2 Å². The molecule has 0 saturated heterocycles. The Labute approximate surface area is 325 Å². The molecule has 0 spiro atoms. The Morgan fingerprint density at radius 3 is 1.79 bits per heavy atom. The van der Waals surface area contributed by atoms with Crippen molar-refractivity contribution < 1.29 is 48.6 Å². The van der Waals surface area contributed by atoms with Gasteiger partial charge in [-0.1, -0.05) is 70.2 Å². The highest BCUT2D eigenvalue weighted by molar-refractivity contribution is 5.99. The number of nitrogens with one attached hydrogen (secondary N) is 6. The van der Waals surface area contributed by atoms with Gasteiger partial charge < -0.3 is 53.6 Å². The molecule has 0 aliphatic rings. The lowest BCUT2D eigenvalue weighted by Gasteiger charge is -2.33. The van der Waals surface area contributed by atoms with Crippen LogP contribution in [0.15, 0.2) is 54.6 Å². The number of carbonyl (C=O) groups is 8. The van der Waals surface area contributed by atoms with Crippen molar-refractivity contribution in [3.63, 3.8) is 0 Å². The van der Waals surface area contributed by atoms with E-state index in [1.54, 1.807) is 70.2 Å². The molecule has 0 unspecified atom stereocenters. The van der Waals surface area contributed by atoms with Crippen molar-refractivity contribution in [2.24, 2.45) is 23.3 Å². The molecular weight excluding hydrogens is 728 g/mol. The minimum atomic E-state index is -1.82. The van der Waals surface area contributed by atoms with E-state index < -0.39 is 108 Å². The summed E-state index contributed by atoms with van der Waals surface area (Å²) in [5.41, 5.74) is 10.6. The number of nitrogens with two attached hydrogens (primary N) is 2. The van der Waals surface area contributed by atoms with Crippen LogP contribution >= 0.6 is 0 Å². The van der Waals surface area contributed by atoms with Crippen molar-refractivity contribution in [1.82, 2.24) is 31.9 Å². The highest BCUT2D eigenvalue weighted by Gasteiger charge is 2.40. The molecule has 18 heteroatoms. The molecule has 0 aliphatic heterocycles. The molecule has 0 fully saturated rings. The van der Waals surface area contributed by atoms with Crippen LogP contribution in [0.25, 0.3) is 0 Å². The SMILES string of the molecule is CC(C)[C@H](NC(=O)[C@H](CC(=O)O)NC(=O)[C@@](C)(Cc1ccccc1)NC(=O)[C@@H](C)NC(=O)[C@@H](N)Cc1ccc(O)cc1)C(=O)N[C@H](C(=O)NCC(N)=O)C(C)C. The first kappa shape index (κ1) is 46.1. The van der Waals surface area contributed by atoms with Crippen molar-refractivity contribution in [3.8, 4) is 5.75 Å². The number of phenolic OH excluding ortho intramolecular Hbond substituents is 1. The summed E-state index contributed by atoms with van der Waals surface area (Å²) in [6, 6.07) is 8.19. The van der Waals surface area contributed by atoms with Gasteiger partial charge in [-0.05, 0) is 55.4 Å². The van der Waals surface area contributed by atoms with Crippen molar-refractivity contribution >= 4 is 47.3 Å². The summed E-state index contributed by atoms with van der Waals surface area (Å²) in [6.45, 7) is 8.76. The molecule has 18 nitrogen and oxygen atoms in total. The number of amides is 7. The lowest BCUT2D eigenvalue weighted by Crippen LogP contribution is -2.65. The topological polar surface area (TPSA) is 301 Å². The Balaban J connectivity index is 2.30. The number of carboxylic acid groups (broad SMARTS) is 1. The van der Waals surface area contributed by atoms with Gasteiger partial charge >= 0.3 is 5.97 Å². The Morgan fingerprint density at radius 1 is 0.696 bits per heavy atom. The van der Waals surface area contributed by atoms with Gasteiger partial charge in [-0.3, -0.25) is 38.4 Å². The van der Waals surface area contributed by atoms with Gasteiger partial charge in [0, 0.05) is 6.42 Å². The fourth-order valence-electron chi connectivity index (χ4n) is 5.48. The number of phenols is 1. The van der Waals surface area contributed by atoms with E-state index in [4.69, 9.17) is 11.5 Å². The Hall–Kier alpha value is -6.04. The van der Waals surface area contributed by atoms with E-state index in [0.29, 0.717) is 11.1 Å². The fraction of sp³-hybridized carbons (Fsp3) is 0.474. The molecule has 0 saturated carbocycles. The smallest absolute Gasteiger partial charge is 0.305 e. The van der Waals surface area contributed by atoms with Crippen LogP contribution in [0.3, 0.4) is 0 Å². The monoisotopic (exact) mass is 782 g/mol. The van der Waals surface area contributed by atoms with E-state index in [1.807, 2.05) is 0 Å². The van der Waals surface area contributed by atoms with Crippen LogP contribution in [0.2, 0.25) is 0 Å². The first-order chi connectivity index (χ1) is 26.1. The van der Waals surface area contributed by atoms with Crippen molar-refractivity contribution in [2.75, 3.05) is 6.54 Å². The zero-order valence-electron chi connectivity index (χ0n) is 32.4. The molecule has 6 atom stereocenters. The van der Waals surface area contributed by atoms with Crippen molar-refractivity contribution in [2.45, 2.75) is 96.6 Å². The van der Waals surface area contributed by atoms with Crippen LogP contribution in [0.5, 0.6) is 5.75 Å². The number of aromatic hydroxyl groups is 1. The molecule has 12 N–H and O–H groups in total. The fourth-order valence-corrected chi connectivity index (χ4v) is 5.48. The molecule has 0 heterocycles. The first-order valence-electron chi connectivity index (χ1n) is 18.0. The van der Waals surface area contributed by atoms with Gasteiger partial charge in [-0.15, -0.1) is 0 Å². The van der Waals surface area contributed by atoms with Gasteiger partial charge in [-0.25, -0.2) is 0 Å². The highest BCUT2D eigenvalue weighted by Crippen LogP contribution is 2.16. The van der Waals surface area contributed by atoms with Crippen LogP contribution in [0.1, 0.15) is 59.1 Å². The molecule has 0 aliphatic carbocycles. The molecule has 306 valence electrons. The van der Waals surface area contributed by atoms with Gasteiger partial charge in [-0.2, -0.15) is 0 Å². The van der Waals surface area contributed by atoms with Crippen molar-refractivity contribution in [3.05, 3.63) is 65.7 Å². The second-order valence-corrected chi connectivity index (χ2v) is 14.5. The number of aliphatic carboxylic acids is 1. The number of rotatable bonds is 21. The average molecular weight is 783 g/mol. The maximum Gasteiger partial charge on any atom is 0.305 e. The third-order valence-electron chi connectivity index (χ3n) is 8.71. The third kappa shape index (κ3) is 14.7. The highest BCUT2D eigenvalue weighted by atomic mass is 16.4. The van der Waals surface area contributed by atoms with Gasteiger partial charge in [0.1, 0.15) is 35.5 Å². The van der Waals surface area contributed by atoms with Crippen molar-refractivity contribution in [1.29, 1.82) is 0 Å². The molecule has 56 heavy (non-hydrogen) atoms. The van der Waals surface area contributed by atoms with Gasteiger partial charge in [0.25, 0.3) is 0 Å². The average Bonchev–Trinajstić information content (AvgIpc) is 3.11. The normalized spacial score (nSPS) is 14.8. The zero-order valence-corrected chi connectivity index (χ0v) is 32.4. The predicted octanol–water partition coefficient (Wildman–Crippen LogP) is -1.27. The predicted molar refractivity (Wildman–Crippen MR) is 204 cm³/mol. The number of carbonyl (C=O) groups excluding carboxylic acids is 7. The lowest BCUT2D eigenvalue weighted by atomic mass is 9.90. The number of benzene rings is 2. The van der Waals surface area contributed by atoms with Crippen LogP contribution in [0, 0.1) is 11.8 Å². The molecule has 2 aromatic rings. The lowest BCUT2D eigenvalue weighted by molar-refractivity contribution is -0.142. The Bertz CT molecular complexity index is 1720. The summed E-state index contributed by atoms with van der Waals surface area (Å²) < 4.78 is 0. The van der Waals surface area contributed by atoms with Gasteiger partial charge in [0.05, 0.1) is 19.0 Å². The number of primary amides is 1. The summed E-state index contributed by atoms with van der Waals surface area (Å²) in [6.07, 6.45) is -0.931. The molecular formula is C38H54N8O10. The molecule has 7 amide bonds. The summed E-state index contributed by atoms with van der Waals surface area (Å²) in [5.74, 6) is -8.18. The van der Waals surface area contributed by atoms with Crippen LogP contribution < -0.4 is 43.4 Å². The van der Waals surface area contributed by atoms with Crippen LogP contribution in [0.4, 0.5) is 0 Å². The molecule has 2 rings (SSSR count). The summed E-state index contributed by atoms with van der Waals surface area (Å²) >= 11 is 0. The summed E-state index contributed by atoms with van der Waals surface area (Å²) in [7, 11) is 0. The maximum atomic E-state index is 14.1. The molecule has 0 radical (unpaired) electrons. The minimum absolute atomic E-state index is 0.0414. The minimum Gasteiger partial charge on any atom is -0.508 e. The largest absolute Gasteiger partial charge is 0.508 e. The first-order valence-corrected chi connectivity index (χ1v) is 18.0. The van der Waals surface area contributed by atoms with E-state index in [9.17, 15) is 48.6 Å². The molecule has 2 aromatic carbocycles. The second kappa shape index (κ2) is 21.2. The zero-order chi connectivity index (χ0) is 42.3. The Morgan fingerprint density at radius 2 is 1.25 bits per heavy atom. The van der Waals surface area contributed by atoms with E-state index in [-0.39, 0.29) is 18.6 Å². The number of carboxylic acids is 1. The number of hydrogen-bond acceptors (Lipinski definition) is 10. The quantitative estimate of drug-likeness (QED) is 0.0712. The van der Waals surface area contributed by atoms with E-state index >= 15 is 0 Å². The third-order valence-corrected chi connectivity index (χ3v) is 8.71. The second-order valence-electron chi connectivity index (χ2n) is 14.5. The van der Waals surface area contributed by atoms with E-state index in [1.165, 1.54) is 26.0 Å². The number of hydrogen-bond donors (Lipinski definition) is 10. The van der Waals surface area contributed by atoms with E-state index in [0.717, 1.165) is 0 Å². The molecule has 0 bridgehead atoms. The molecule has 0 aromatic heterocycles. The Kier molecular flexibility index (Phi) is 17.4. The van der Waals surface area contributed by atoms with Gasteiger partial charge in [0.15, 0.2) is 0 Å². The summed E-state index contributed by atoms with van der Waals surface area (Å²) in [4.78, 5) is 103. The van der Waals surface area contributed by atoms with Gasteiger partial charge in [0.2, 0.25) is 41.4 Å². The van der Waals surface area contributed by atoms with E-state index in [2.05, 4.69) is 31.9 Å². The van der Waals surface area contributed by atoms with Crippen LogP contribution in [-0.4, -0.2) is 99.8 Å². The standard InChI is InChI=1S/C38H54N8O10/c1-20(2)30(35(54)41-19-28(40)48)45-36(55)31(21(3)4)44-34(53)27(17-29(49)50)43-37(56)38(6,18-24-10-8-7-9-11-24)46-32(51)22(5)42-33(52)26(39)16-23-12-14-25(47)15-13-23/h7-15,20-22,26-27,30-31,47H,16-19,39H2,1-6H3,(H2,40,48)(H,41,54)(H,42,52)(H,43,56)(H,44,53)(H,45,55)(H,46,51)(H,49,50)/t22-,26+,27+,30+,31+,38-/m1/s1.